The van der Waals surface area contributed by atoms with Crippen LogP contribution in [0.3, 0.4) is 0 Å². The first kappa shape index (κ1) is 12.0. The molecule has 2 atom stereocenters. The minimum Gasteiger partial charge on any atom is -0.325 e. The summed E-state index contributed by atoms with van der Waals surface area (Å²) in [4.78, 5) is 1.36. The predicted molar refractivity (Wildman–Crippen MR) is 71.7 cm³/mol. The number of hydrogen-bond acceptors (Lipinski definition) is 2. The van der Waals surface area contributed by atoms with Crippen molar-refractivity contribution in [3.05, 3.63) is 30.3 Å². The van der Waals surface area contributed by atoms with Gasteiger partial charge in [-0.25, -0.2) is 0 Å². The SMILES string of the molecule is CC1CCC(N)(CCSc2ccccc2)C1. The number of rotatable bonds is 4. The second kappa shape index (κ2) is 5.24. The number of thioether (sulfide) groups is 1. The van der Waals surface area contributed by atoms with E-state index in [2.05, 4.69) is 37.3 Å². The minimum absolute atomic E-state index is 0.126. The maximum atomic E-state index is 6.40. The molecule has 1 aliphatic rings. The highest BCUT2D eigenvalue weighted by Crippen LogP contribution is 2.36. The lowest BCUT2D eigenvalue weighted by Crippen LogP contribution is -2.37. The summed E-state index contributed by atoms with van der Waals surface area (Å²) in [6.45, 7) is 2.32. The Balaban J connectivity index is 1.76. The highest BCUT2D eigenvalue weighted by Gasteiger charge is 2.32. The van der Waals surface area contributed by atoms with E-state index in [1.165, 1.54) is 24.2 Å². The molecule has 0 saturated heterocycles. The van der Waals surface area contributed by atoms with Crippen molar-refractivity contribution in [3.8, 4) is 0 Å². The van der Waals surface area contributed by atoms with Crippen LogP contribution in [0.2, 0.25) is 0 Å². The molecule has 2 heteroatoms. The molecule has 1 fully saturated rings. The van der Waals surface area contributed by atoms with E-state index in [4.69, 9.17) is 5.73 Å². The van der Waals surface area contributed by atoms with Crippen LogP contribution >= 0.6 is 11.8 Å². The molecule has 1 saturated carbocycles. The summed E-state index contributed by atoms with van der Waals surface area (Å²) in [5, 5.41) is 0. The van der Waals surface area contributed by atoms with Crippen LogP contribution in [0, 0.1) is 5.92 Å². The molecule has 2 unspecified atom stereocenters. The molecule has 0 aromatic heterocycles. The summed E-state index contributed by atoms with van der Waals surface area (Å²) in [5.41, 5.74) is 6.53. The minimum atomic E-state index is 0.126. The van der Waals surface area contributed by atoms with Crippen molar-refractivity contribution >= 4 is 11.8 Å². The normalized spacial score (nSPS) is 29.5. The standard InChI is InChI=1S/C14H21NS/c1-12-7-8-14(15,11-12)9-10-16-13-5-3-2-4-6-13/h2-6,12H,7-11,15H2,1H3. The summed E-state index contributed by atoms with van der Waals surface area (Å²) in [5.74, 6) is 1.97. The van der Waals surface area contributed by atoms with Gasteiger partial charge in [0, 0.05) is 10.4 Å². The molecule has 0 heterocycles. The van der Waals surface area contributed by atoms with E-state index in [-0.39, 0.29) is 5.54 Å². The third-order valence-electron chi connectivity index (χ3n) is 3.50. The molecular weight excluding hydrogens is 214 g/mol. The van der Waals surface area contributed by atoms with E-state index in [1.807, 2.05) is 11.8 Å². The second-order valence-corrected chi connectivity index (χ2v) is 6.29. The van der Waals surface area contributed by atoms with Crippen LogP contribution in [0.1, 0.15) is 32.6 Å². The molecule has 0 amide bonds. The molecule has 1 aromatic carbocycles. The van der Waals surface area contributed by atoms with E-state index in [9.17, 15) is 0 Å². The van der Waals surface area contributed by atoms with Crippen molar-refractivity contribution in [1.29, 1.82) is 0 Å². The van der Waals surface area contributed by atoms with Gasteiger partial charge in [0.25, 0.3) is 0 Å². The van der Waals surface area contributed by atoms with Gasteiger partial charge < -0.3 is 5.73 Å². The molecular formula is C14H21NS. The van der Waals surface area contributed by atoms with E-state index < -0.39 is 0 Å². The second-order valence-electron chi connectivity index (χ2n) is 5.12. The fraction of sp³-hybridized carbons (Fsp3) is 0.571. The molecule has 0 aliphatic heterocycles. The summed E-state index contributed by atoms with van der Waals surface area (Å²) in [7, 11) is 0. The van der Waals surface area contributed by atoms with Crippen LogP contribution < -0.4 is 5.73 Å². The summed E-state index contributed by atoms with van der Waals surface area (Å²) in [6.07, 6.45) is 4.88. The molecule has 2 rings (SSSR count). The van der Waals surface area contributed by atoms with Gasteiger partial charge in [0.15, 0.2) is 0 Å². The van der Waals surface area contributed by atoms with Crippen LogP contribution in [-0.4, -0.2) is 11.3 Å². The Morgan fingerprint density at radius 2 is 2.12 bits per heavy atom. The molecule has 88 valence electrons. The Kier molecular flexibility index (Phi) is 3.93. The van der Waals surface area contributed by atoms with Crippen molar-refractivity contribution in [3.63, 3.8) is 0 Å². The predicted octanol–water partition coefficient (Wildman–Crippen LogP) is 3.69. The average Bonchev–Trinajstić information content (AvgIpc) is 2.60. The summed E-state index contributed by atoms with van der Waals surface area (Å²) < 4.78 is 0. The number of hydrogen-bond donors (Lipinski definition) is 1. The van der Waals surface area contributed by atoms with Gasteiger partial charge in [0.05, 0.1) is 0 Å². The zero-order valence-electron chi connectivity index (χ0n) is 9.99. The Bertz CT molecular complexity index is 325. The third kappa shape index (κ3) is 3.26. The van der Waals surface area contributed by atoms with Gasteiger partial charge in [-0.05, 0) is 49.5 Å². The van der Waals surface area contributed by atoms with E-state index in [1.54, 1.807) is 0 Å². The summed E-state index contributed by atoms with van der Waals surface area (Å²) >= 11 is 1.93. The van der Waals surface area contributed by atoms with Gasteiger partial charge in [0.2, 0.25) is 0 Å². The lowest BCUT2D eigenvalue weighted by Gasteiger charge is -2.23. The number of benzene rings is 1. The fourth-order valence-corrected chi connectivity index (χ4v) is 3.64. The van der Waals surface area contributed by atoms with Gasteiger partial charge in [-0.1, -0.05) is 25.1 Å². The lowest BCUT2D eigenvalue weighted by atomic mass is 9.95. The maximum absolute atomic E-state index is 6.40. The first-order valence-corrected chi connectivity index (χ1v) is 7.13. The smallest absolute Gasteiger partial charge is 0.0165 e. The largest absolute Gasteiger partial charge is 0.325 e. The van der Waals surface area contributed by atoms with Crippen LogP contribution in [0.15, 0.2) is 35.2 Å². The van der Waals surface area contributed by atoms with Gasteiger partial charge in [-0.15, -0.1) is 11.8 Å². The topological polar surface area (TPSA) is 26.0 Å². The van der Waals surface area contributed by atoms with Crippen LogP contribution in [-0.2, 0) is 0 Å². The molecule has 0 bridgehead atoms. The molecule has 1 nitrogen and oxygen atoms in total. The van der Waals surface area contributed by atoms with E-state index in [0.717, 1.165) is 18.1 Å². The Morgan fingerprint density at radius 1 is 1.38 bits per heavy atom. The Hall–Kier alpha value is -0.470. The van der Waals surface area contributed by atoms with Crippen molar-refractivity contribution in [1.82, 2.24) is 0 Å². The first-order valence-electron chi connectivity index (χ1n) is 6.15. The summed E-state index contributed by atoms with van der Waals surface area (Å²) in [6, 6.07) is 10.6. The average molecular weight is 235 g/mol. The number of nitrogens with two attached hydrogens (primary N) is 1. The van der Waals surface area contributed by atoms with E-state index >= 15 is 0 Å². The zero-order valence-corrected chi connectivity index (χ0v) is 10.8. The molecule has 0 radical (unpaired) electrons. The first-order chi connectivity index (χ1) is 7.68. The molecule has 0 spiro atoms. The van der Waals surface area contributed by atoms with Crippen molar-refractivity contribution < 1.29 is 0 Å². The van der Waals surface area contributed by atoms with Crippen LogP contribution in [0.5, 0.6) is 0 Å². The monoisotopic (exact) mass is 235 g/mol. The maximum Gasteiger partial charge on any atom is 0.0165 e. The molecule has 2 N–H and O–H groups in total. The van der Waals surface area contributed by atoms with Crippen molar-refractivity contribution in [2.45, 2.75) is 43.0 Å². The van der Waals surface area contributed by atoms with Gasteiger partial charge in [-0.2, -0.15) is 0 Å². The third-order valence-corrected chi connectivity index (χ3v) is 4.52. The quantitative estimate of drug-likeness (QED) is 0.806. The lowest BCUT2D eigenvalue weighted by molar-refractivity contribution is 0.411. The van der Waals surface area contributed by atoms with Gasteiger partial charge in [-0.3, -0.25) is 0 Å². The van der Waals surface area contributed by atoms with E-state index in [0.29, 0.717) is 0 Å². The van der Waals surface area contributed by atoms with Crippen molar-refractivity contribution in [2.75, 3.05) is 5.75 Å². The fourth-order valence-electron chi connectivity index (χ4n) is 2.55. The van der Waals surface area contributed by atoms with Crippen LogP contribution in [0.25, 0.3) is 0 Å². The Morgan fingerprint density at radius 3 is 2.75 bits per heavy atom. The van der Waals surface area contributed by atoms with Gasteiger partial charge >= 0.3 is 0 Å². The Labute approximate surface area is 103 Å². The zero-order chi connectivity index (χ0) is 11.4. The highest BCUT2D eigenvalue weighted by molar-refractivity contribution is 7.99. The molecule has 1 aromatic rings. The highest BCUT2D eigenvalue weighted by atomic mass is 32.2. The van der Waals surface area contributed by atoms with Crippen LogP contribution in [0.4, 0.5) is 0 Å². The van der Waals surface area contributed by atoms with Gasteiger partial charge in [0.1, 0.15) is 0 Å². The molecule has 1 aliphatic carbocycles. The molecule has 16 heavy (non-hydrogen) atoms. The van der Waals surface area contributed by atoms with Crippen molar-refractivity contribution in [2.24, 2.45) is 11.7 Å².